The number of nitrogens with zero attached hydrogens (tertiary/aromatic N) is 2. The van der Waals surface area contributed by atoms with Crippen LogP contribution in [0.1, 0.15) is 40.5 Å². The number of nitriles is 2. The molecule has 3 aromatic carbocycles. The smallest absolute Gasteiger partial charge is 0.123 e. The van der Waals surface area contributed by atoms with Crippen LogP contribution in [0.2, 0.25) is 10.0 Å². The lowest BCUT2D eigenvalue weighted by Gasteiger charge is -2.53. The summed E-state index contributed by atoms with van der Waals surface area (Å²) in [7, 11) is 0. The molecule has 4 heteroatoms. The van der Waals surface area contributed by atoms with Crippen LogP contribution < -0.4 is 0 Å². The standard InChI is InChI=1S/C31H20Cl2N2/c32-22-12-8-20(9-13-22)24-17-28(21-10-14-23(33)15-11-21)31(19-35)26-6-2-1-5-25(26)30(18-34)16-4-3-7-27(31)29(24)30/h1-16,24,28H,17H2/t24-,28+,30?,31?/m0/s1. The Kier molecular flexibility index (Phi) is 5.01. The van der Waals surface area contributed by atoms with E-state index in [1.165, 1.54) is 0 Å². The highest BCUT2D eigenvalue weighted by Gasteiger charge is 2.60. The molecule has 0 radical (unpaired) electrons. The first kappa shape index (κ1) is 21.9. The molecule has 0 saturated heterocycles. The van der Waals surface area contributed by atoms with Gasteiger partial charge in [0.15, 0.2) is 0 Å². The van der Waals surface area contributed by atoms with Gasteiger partial charge in [0.25, 0.3) is 0 Å². The Morgan fingerprint density at radius 2 is 1.37 bits per heavy atom. The zero-order chi connectivity index (χ0) is 24.2. The van der Waals surface area contributed by atoms with Gasteiger partial charge in [-0.1, -0.05) is 96.0 Å². The van der Waals surface area contributed by atoms with E-state index in [1.54, 1.807) is 0 Å². The number of rotatable bonds is 2. The summed E-state index contributed by atoms with van der Waals surface area (Å²) in [6.45, 7) is 0. The van der Waals surface area contributed by atoms with Crippen molar-refractivity contribution >= 4 is 23.2 Å². The second kappa shape index (κ2) is 8.00. The van der Waals surface area contributed by atoms with Crippen molar-refractivity contribution in [3.05, 3.63) is 141 Å². The summed E-state index contributed by atoms with van der Waals surface area (Å²) in [4.78, 5) is 0. The molecule has 0 aliphatic heterocycles. The first-order chi connectivity index (χ1) is 17.0. The summed E-state index contributed by atoms with van der Waals surface area (Å²) < 4.78 is 0. The van der Waals surface area contributed by atoms with E-state index in [9.17, 15) is 10.5 Å². The minimum Gasteiger partial charge on any atom is -0.197 e. The van der Waals surface area contributed by atoms with Crippen LogP contribution in [-0.2, 0) is 10.8 Å². The molecule has 0 fully saturated rings. The lowest BCUT2D eigenvalue weighted by molar-refractivity contribution is 0.378. The molecule has 0 heterocycles. The van der Waals surface area contributed by atoms with Crippen molar-refractivity contribution in [2.75, 3.05) is 0 Å². The van der Waals surface area contributed by atoms with Crippen molar-refractivity contribution in [2.24, 2.45) is 0 Å². The van der Waals surface area contributed by atoms with Crippen LogP contribution in [0.15, 0.2) is 108 Å². The average Bonchev–Trinajstić information content (AvgIpc) is 3.06. The molecule has 3 aliphatic rings. The summed E-state index contributed by atoms with van der Waals surface area (Å²) in [6.07, 6.45) is 8.65. The minimum atomic E-state index is -0.953. The molecule has 4 bridgehead atoms. The molecular formula is C31H20Cl2N2. The van der Waals surface area contributed by atoms with Crippen LogP contribution in [-0.4, -0.2) is 0 Å². The van der Waals surface area contributed by atoms with Gasteiger partial charge in [0.2, 0.25) is 0 Å². The van der Waals surface area contributed by atoms with Crippen molar-refractivity contribution in [2.45, 2.75) is 29.1 Å². The number of fused-ring (bicyclic) bond motifs is 3. The molecule has 6 rings (SSSR count). The van der Waals surface area contributed by atoms with Gasteiger partial charge in [-0.3, -0.25) is 0 Å². The average molecular weight is 491 g/mol. The van der Waals surface area contributed by atoms with Gasteiger partial charge in [-0.15, -0.1) is 0 Å². The molecule has 168 valence electrons. The van der Waals surface area contributed by atoms with Crippen molar-refractivity contribution in [3.63, 3.8) is 0 Å². The van der Waals surface area contributed by atoms with E-state index in [2.05, 4.69) is 18.2 Å². The lowest BCUT2D eigenvalue weighted by atomic mass is 9.46. The van der Waals surface area contributed by atoms with Gasteiger partial charge in [-0.2, -0.15) is 10.5 Å². The molecule has 0 saturated carbocycles. The summed E-state index contributed by atoms with van der Waals surface area (Å²) in [5.41, 5.74) is 4.00. The lowest BCUT2D eigenvalue weighted by Crippen LogP contribution is -2.49. The molecule has 0 aromatic heterocycles. The van der Waals surface area contributed by atoms with Crippen molar-refractivity contribution in [1.29, 1.82) is 10.5 Å². The Labute approximate surface area is 215 Å². The molecule has 0 amide bonds. The number of halogens is 2. The summed E-state index contributed by atoms with van der Waals surface area (Å²) in [5, 5.41) is 23.1. The van der Waals surface area contributed by atoms with E-state index in [4.69, 9.17) is 23.2 Å². The minimum absolute atomic E-state index is 0.0650. The summed E-state index contributed by atoms with van der Waals surface area (Å²) in [6, 6.07) is 29.2. The predicted octanol–water partition coefficient (Wildman–Crippen LogP) is 7.92. The molecule has 2 unspecified atom stereocenters. The fourth-order valence-corrected chi connectivity index (χ4v) is 6.69. The van der Waals surface area contributed by atoms with E-state index in [0.29, 0.717) is 16.5 Å². The molecule has 3 aromatic rings. The number of hydrogen-bond donors (Lipinski definition) is 0. The molecule has 2 nitrogen and oxygen atoms in total. The zero-order valence-electron chi connectivity index (χ0n) is 18.7. The third kappa shape index (κ3) is 2.94. The molecule has 3 aliphatic carbocycles. The second-order valence-electron chi connectivity index (χ2n) is 9.37. The van der Waals surface area contributed by atoms with Gasteiger partial charge in [-0.25, -0.2) is 0 Å². The van der Waals surface area contributed by atoms with E-state index < -0.39 is 10.8 Å². The highest BCUT2D eigenvalue weighted by atomic mass is 35.5. The van der Waals surface area contributed by atoms with E-state index >= 15 is 0 Å². The fraction of sp³-hybridized carbons (Fsp3) is 0.161. The number of allylic oxidation sites excluding steroid dienone is 6. The Morgan fingerprint density at radius 1 is 0.743 bits per heavy atom. The van der Waals surface area contributed by atoms with Crippen LogP contribution in [0.4, 0.5) is 0 Å². The summed E-state index contributed by atoms with van der Waals surface area (Å²) in [5.74, 6) is -0.199. The van der Waals surface area contributed by atoms with Crippen LogP contribution in [0.5, 0.6) is 0 Å². The van der Waals surface area contributed by atoms with Gasteiger partial charge in [-0.05, 0) is 64.1 Å². The monoisotopic (exact) mass is 490 g/mol. The van der Waals surface area contributed by atoms with Crippen LogP contribution in [0.25, 0.3) is 0 Å². The zero-order valence-corrected chi connectivity index (χ0v) is 20.3. The van der Waals surface area contributed by atoms with Gasteiger partial charge in [0.05, 0.1) is 12.1 Å². The maximum Gasteiger partial charge on any atom is 0.123 e. The number of hydrogen-bond acceptors (Lipinski definition) is 2. The van der Waals surface area contributed by atoms with Crippen molar-refractivity contribution in [3.8, 4) is 12.1 Å². The van der Waals surface area contributed by atoms with E-state index in [1.807, 2.05) is 91.0 Å². The molecular weight excluding hydrogens is 471 g/mol. The SMILES string of the molecule is N#CC12C=CC=CC3=C1[C@H](c1ccc(Cl)cc1)C[C@H](c1ccc(Cl)cc1)C3(C#N)c1ccccc12. The first-order valence-corrected chi connectivity index (χ1v) is 12.3. The third-order valence-corrected chi connectivity index (χ3v) is 8.38. The number of benzene rings is 3. The maximum atomic E-state index is 11.0. The highest BCUT2D eigenvalue weighted by molar-refractivity contribution is 6.30. The highest BCUT2D eigenvalue weighted by Crippen LogP contribution is 2.65. The van der Waals surface area contributed by atoms with Crippen LogP contribution in [0.3, 0.4) is 0 Å². The second-order valence-corrected chi connectivity index (χ2v) is 10.2. The topological polar surface area (TPSA) is 47.6 Å². The Balaban J connectivity index is 1.75. The molecule has 4 atom stereocenters. The van der Waals surface area contributed by atoms with E-state index in [-0.39, 0.29) is 11.8 Å². The molecule has 0 spiro atoms. The quantitative estimate of drug-likeness (QED) is 0.366. The maximum absolute atomic E-state index is 11.0. The predicted molar refractivity (Wildman–Crippen MR) is 139 cm³/mol. The van der Waals surface area contributed by atoms with Crippen molar-refractivity contribution < 1.29 is 0 Å². The van der Waals surface area contributed by atoms with Gasteiger partial charge in [0.1, 0.15) is 10.8 Å². The summed E-state index contributed by atoms with van der Waals surface area (Å²) >= 11 is 12.5. The normalized spacial score (nSPS) is 28.0. The molecule has 0 N–H and O–H groups in total. The Hall–Kier alpha value is -3.56. The van der Waals surface area contributed by atoms with Gasteiger partial charge in [0, 0.05) is 21.9 Å². The van der Waals surface area contributed by atoms with Crippen LogP contribution in [0, 0.1) is 22.7 Å². The largest absolute Gasteiger partial charge is 0.197 e. The molecule has 35 heavy (non-hydrogen) atoms. The van der Waals surface area contributed by atoms with Crippen LogP contribution >= 0.6 is 23.2 Å². The van der Waals surface area contributed by atoms with Gasteiger partial charge < -0.3 is 0 Å². The fourth-order valence-electron chi connectivity index (χ4n) is 6.44. The first-order valence-electron chi connectivity index (χ1n) is 11.6. The van der Waals surface area contributed by atoms with Gasteiger partial charge >= 0.3 is 0 Å². The third-order valence-electron chi connectivity index (χ3n) is 7.88. The Morgan fingerprint density at radius 3 is 2.00 bits per heavy atom. The Bertz CT molecular complexity index is 1520. The van der Waals surface area contributed by atoms with Crippen molar-refractivity contribution in [1.82, 2.24) is 0 Å². The van der Waals surface area contributed by atoms with E-state index in [0.717, 1.165) is 33.4 Å².